The Morgan fingerprint density at radius 1 is 1.06 bits per heavy atom. The maximum absolute atomic E-state index is 13.4. The van der Waals surface area contributed by atoms with Crippen LogP contribution >= 0.6 is 11.6 Å². The minimum Gasteiger partial charge on any atom is -0.328 e. The summed E-state index contributed by atoms with van der Waals surface area (Å²) in [5, 5.41) is 11.6. The molecule has 0 bridgehead atoms. The molecule has 2 N–H and O–H groups in total. The average Bonchev–Trinajstić information content (AvgIpc) is 3.23. The summed E-state index contributed by atoms with van der Waals surface area (Å²) in [6.07, 6.45) is 3.27. The van der Waals surface area contributed by atoms with Crippen LogP contribution in [-0.2, 0) is 4.79 Å². The number of carbonyl (C=O) groups is 1. The zero-order chi connectivity index (χ0) is 22.1. The second-order valence-corrected chi connectivity index (χ2v) is 7.82. The zero-order valence-corrected chi connectivity index (χ0v) is 17.9. The molecular weight excluding hydrogens is 424 g/mol. The van der Waals surface area contributed by atoms with E-state index >= 15 is 0 Å². The van der Waals surface area contributed by atoms with E-state index in [2.05, 4.69) is 20.6 Å². The standard InChI is InChI=1S/C24H19ClN6O/c1-15-20(23(32)28-19-8-5-13-26-14-19)21(16-6-3-2-4-7-16)31-24(27-15)29-22(30-31)17-9-11-18(25)12-10-17/h2-14,21H,1H3,(H,28,32)(H,27,29,30). The van der Waals surface area contributed by atoms with Crippen molar-refractivity contribution in [1.82, 2.24) is 19.7 Å². The number of hydrogen-bond donors (Lipinski definition) is 2. The second-order valence-electron chi connectivity index (χ2n) is 7.38. The van der Waals surface area contributed by atoms with Crippen molar-refractivity contribution in [1.29, 1.82) is 0 Å². The Hall–Kier alpha value is -3.97. The molecule has 7 nitrogen and oxygen atoms in total. The zero-order valence-electron chi connectivity index (χ0n) is 17.2. The van der Waals surface area contributed by atoms with Crippen molar-refractivity contribution < 1.29 is 4.79 Å². The summed E-state index contributed by atoms with van der Waals surface area (Å²) >= 11 is 6.03. The number of fused-ring (bicyclic) bond motifs is 1. The van der Waals surface area contributed by atoms with Crippen LogP contribution in [0.1, 0.15) is 18.5 Å². The van der Waals surface area contributed by atoms with E-state index in [-0.39, 0.29) is 5.91 Å². The molecule has 8 heteroatoms. The van der Waals surface area contributed by atoms with Gasteiger partial charge in [0.05, 0.1) is 17.5 Å². The van der Waals surface area contributed by atoms with Crippen molar-refractivity contribution in [2.75, 3.05) is 10.6 Å². The number of rotatable bonds is 4. The van der Waals surface area contributed by atoms with Gasteiger partial charge < -0.3 is 10.6 Å². The number of amides is 1. The number of allylic oxidation sites excluding steroid dienone is 1. The molecule has 0 saturated carbocycles. The van der Waals surface area contributed by atoms with Crippen LogP contribution in [0.25, 0.3) is 11.4 Å². The summed E-state index contributed by atoms with van der Waals surface area (Å²) in [6, 6.07) is 20.3. The fourth-order valence-corrected chi connectivity index (χ4v) is 3.87. The highest BCUT2D eigenvalue weighted by atomic mass is 35.5. The Bertz CT molecular complexity index is 1300. The Morgan fingerprint density at radius 3 is 2.56 bits per heavy atom. The monoisotopic (exact) mass is 442 g/mol. The van der Waals surface area contributed by atoms with Gasteiger partial charge in [-0.2, -0.15) is 4.98 Å². The fourth-order valence-electron chi connectivity index (χ4n) is 3.75. The van der Waals surface area contributed by atoms with E-state index in [1.54, 1.807) is 41.3 Å². The topological polar surface area (TPSA) is 84.7 Å². The first-order chi connectivity index (χ1) is 15.6. The third-order valence-electron chi connectivity index (χ3n) is 5.23. The molecule has 1 aliphatic heterocycles. The fraction of sp³-hybridized carbons (Fsp3) is 0.0833. The normalized spacial score (nSPS) is 15.1. The van der Waals surface area contributed by atoms with Gasteiger partial charge in [0.15, 0.2) is 5.82 Å². The quantitative estimate of drug-likeness (QED) is 0.468. The van der Waals surface area contributed by atoms with Crippen molar-refractivity contribution in [3.63, 3.8) is 0 Å². The molecule has 1 atom stereocenters. The molecule has 2 aromatic heterocycles. The lowest BCUT2D eigenvalue weighted by Gasteiger charge is -2.28. The smallest absolute Gasteiger partial charge is 0.255 e. The van der Waals surface area contributed by atoms with Gasteiger partial charge in [0.1, 0.15) is 6.04 Å². The summed E-state index contributed by atoms with van der Waals surface area (Å²) in [6.45, 7) is 1.87. The summed E-state index contributed by atoms with van der Waals surface area (Å²) in [7, 11) is 0. The Balaban J connectivity index is 1.59. The average molecular weight is 443 g/mol. The van der Waals surface area contributed by atoms with Gasteiger partial charge in [-0.15, -0.1) is 5.10 Å². The van der Waals surface area contributed by atoms with Gasteiger partial charge in [0.25, 0.3) is 5.91 Å². The first kappa shape index (κ1) is 20.0. The van der Waals surface area contributed by atoms with Gasteiger partial charge in [0, 0.05) is 22.5 Å². The number of aromatic nitrogens is 4. The maximum Gasteiger partial charge on any atom is 0.255 e. The van der Waals surface area contributed by atoms with E-state index < -0.39 is 6.04 Å². The third kappa shape index (κ3) is 3.74. The van der Waals surface area contributed by atoms with Crippen molar-refractivity contribution >= 4 is 29.1 Å². The van der Waals surface area contributed by atoms with Crippen LogP contribution in [0.15, 0.2) is 90.4 Å². The summed E-state index contributed by atoms with van der Waals surface area (Å²) in [5.74, 6) is 0.886. The van der Waals surface area contributed by atoms with Crippen LogP contribution in [0.5, 0.6) is 0 Å². The molecule has 0 radical (unpaired) electrons. The molecule has 32 heavy (non-hydrogen) atoms. The largest absolute Gasteiger partial charge is 0.328 e. The number of pyridine rings is 1. The lowest BCUT2D eigenvalue weighted by atomic mass is 9.95. The van der Waals surface area contributed by atoms with Gasteiger partial charge in [-0.05, 0) is 48.9 Å². The van der Waals surface area contributed by atoms with Crippen LogP contribution in [0.2, 0.25) is 5.02 Å². The molecule has 0 spiro atoms. The minimum absolute atomic E-state index is 0.231. The number of nitrogens with one attached hydrogen (secondary N) is 2. The van der Waals surface area contributed by atoms with Crippen LogP contribution in [0, 0.1) is 0 Å². The van der Waals surface area contributed by atoms with E-state index in [1.807, 2.05) is 49.4 Å². The third-order valence-corrected chi connectivity index (χ3v) is 5.49. The van der Waals surface area contributed by atoms with E-state index in [4.69, 9.17) is 16.7 Å². The van der Waals surface area contributed by atoms with E-state index in [1.165, 1.54) is 0 Å². The number of benzene rings is 2. The highest BCUT2D eigenvalue weighted by molar-refractivity contribution is 6.30. The first-order valence-electron chi connectivity index (χ1n) is 10.1. The predicted molar refractivity (Wildman–Crippen MR) is 124 cm³/mol. The van der Waals surface area contributed by atoms with Crippen molar-refractivity contribution in [2.24, 2.45) is 0 Å². The van der Waals surface area contributed by atoms with Crippen molar-refractivity contribution in [2.45, 2.75) is 13.0 Å². The molecule has 4 aromatic rings. The number of carbonyl (C=O) groups excluding carboxylic acids is 1. The van der Waals surface area contributed by atoms with E-state index in [0.717, 1.165) is 11.1 Å². The number of nitrogens with zero attached hydrogens (tertiary/aromatic N) is 4. The lowest BCUT2D eigenvalue weighted by Crippen LogP contribution is -2.31. The Kier molecular flexibility index (Phi) is 5.17. The molecule has 1 amide bonds. The molecule has 5 rings (SSSR count). The molecular formula is C24H19ClN6O. The van der Waals surface area contributed by atoms with Crippen LogP contribution in [-0.4, -0.2) is 25.7 Å². The molecule has 0 fully saturated rings. The van der Waals surface area contributed by atoms with Gasteiger partial charge in [-0.1, -0.05) is 41.9 Å². The SMILES string of the molecule is CC1=C(C(=O)Nc2cccnc2)C(c2ccccc2)n2nc(-c3ccc(Cl)cc3)nc2N1. The van der Waals surface area contributed by atoms with Crippen LogP contribution < -0.4 is 10.6 Å². The Morgan fingerprint density at radius 2 is 1.84 bits per heavy atom. The van der Waals surface area contributed by atoms with Crippen molar-refractivity contribution in [3.8, 4) is 11.4 Å². The lowest BCUT2D eigenvalue weighted by molar-refractivity contribution is -0.113. The molecule has 0 saturated heterocycles. The predicted octanol–water partition coefficient (Wildman–Crippen LogP) is 4.92. The molecule has 3 heterocycles. The van der Waals surface area contributed by atoms with Gasteiger partial charge in [0.2, 0.25) is 5.95 Å². The minimum atomic E-state index is -0.447. The highest BCUT2D eigenvalue weighted by Crippen LogP contribution is 2.36. The van der Waals surface area contributed by atoms with Gasteiger partial charge in [-0.3, -0.25) is 9.78 Å². The van der Waals surface area contributed by atoms with Crippen LogP contribution in [0.4, 0.5) is 11.6 Å². The second kappa shape index (κ2) is 8.28. The molecule has 158 valence electrons. The molecule has 1 aliphatic rings. The maximum atomic E-state index is 13.4. The molecule has 0 aliphatic carbocycles. The van der Waals surface area contributed by atoms with E-state index in [0.29, 0.717) is 33.8 Å². The highest BCUT2D eigenvalue weighted by Gasteiger charge is 2.34. The Labute approximate surface area is 189 Å². The summed E-state index contributed by atoms with van der Waals surface area (Å²) < 4.78 is 1.75. The molecule has 2 aromatic carbocycles. The van der Waals surface area contributed by atoms with Crippen LogP contribution in [0.3, 0.4) is 0 Å². The number of halogens is 1. The number of hydrogen-bond acceptors (Lipinski definition) is 5. The number of anilines is 2. The van der Waals surface area contributed by atoms with E-state index in [9.17, 15) is 4.79 Å². The van der Waals surface area contributed by atoms with Gasteiger partial charge in [-0.25, -0.2) is 4.68 Å². The summed E-state index contributed by atoms with van der Waals surface area (Å²) in [5.41, 5.74) is 3.65. The van der Waals surface area contributed by atoms with Gasteiger partial charge >= 0.3 is 0 Å². The summed E-state index contributed by atoms with van der Waals surface area (Å²) in [4.78, 5) is 22.1. The van der Waals surface area contributed by atoms with Crippen molar-refractivity contribution in [3.05, 3.63) is 101 Å². The first-order valence-corrected chi connectivity index (χ1v) is 10.4. The molecule has 1 unspecified atom stereocenters.